The third-order valence-electron chi connectivity index (χ3n) is 4.30. The second kappa shape index (κ2) is 7.91. The van der Waals surface area contributed by atoms with E-state index in [0.29, 0.717) is 24.4 Å². The lowest BCUT2D eigenvalue weighted by Crippen LogP contribution is -2.31. The van der Waals surface area contributed by atoms with Crippen LogP contribution < -0.4 is 0 Å². The van der Waals surface area contributed by atoms with Gasteiger partial charge in [0.25, 0.3) is 0 Å². The maximum atomic E-state index is 5.81. The van der Waals surface area contributed by atoms with Crippen LogP contribution in [0.15, 0.2) is 52.4 Å². The van der Waals surface area contributed by atoms with Crippen molar-refractivity contribution in [2.75, 3.05) is 13.2 Å². The predicted octanol–water partition coefficient (Wildman–Crippen LogP) is 3.98. The van der Waals surface area contributed by atoms with Crippen molar-refractivity contribution in [2.24, 2.45) is 0 Å². The van der Waals surface area contributed by atoms with Gasteiger partial charge in [0.1, 0.15) is 0 Å². The lowest BCUT2D eigenvalue weighted by atomic mass is 10.2. The second-order valence-electron chi connectivity index (χ2n) is 6.26. The van der Waals surface area contributed by atoms with Crippen molar-refractivity contribution in [2.45, 2.75) is 32.0 Å². The summed E-state index contributed by atoms with van der Waals surface area (Å²) in [5, 5.41) is 6.24. The molecule has 1 atom stereocenters. The maximum absolute atomic E-state index is 5.81. The molecule has 25 heavy (non-hydrogen) atoms. The van der Waals surface area contributed by atoms with Crippen molar-refractivity contribution in [3.63, 3.8) is 0 Å². The molecular weight excluding hydrogens is 334 g/mol. The van der Waals surface area contributed by atoms with E-state index in [0.717, 1.165) is 38.1 Å². The number of benzene rings is 1. The molecule has 0 amide bonds. The molecule has 1 aliphatic rings. The quantitative estimate of drug-likeness (QED) is 0.642. The molecule has 1 aliphatic heterocycles. The van der Waals surface area contributed by atoms with Crippen LogP contribution >= 0.6 is 11.3 Å². The Morgan fingerprint density at radius 2 is 2.04 bits per heavy atom. The summed E-state index contributed by atoms with van der Waals surface area (Å²) >= 11 is 1.77. The molecule has 1 fully saturated rings. The van der Waals surface area contributed by atoms with Crippen LogP contribution in [0.4, 0.5) is 0 Å². The summed E-state index contributed by atoms with van der Waals surface area (Å²) in [5.41, 5.74) is 0.974. The van der Waals surface area contributed by atoms with Gasteiger partial charge in [0.2, 0.25) is 11.7 Å². The van der Waals surface area contributed by atoms with Gasteiger partial charge in [-0.2, -0.15) is 4.98 Å². The fourth-order valence-corrected chi connectivity index (χ4v) is 3.85. The van der Waals surface area contributed by atoms with Crippen LogP contribution in [0, 0.1) is 0 Å². The van der Waals surface area contributed by atoms with Gasteiger partial charge in [-0.05, 0) is 24.3 Å². The molecule has 0 bridgehead atoms. The molecule has 0 spiro atoms. The van der Waals surface area contributed by atoms with Crippen LogP contribution in [0.25, 0.3) is 11.4 Å². The highest BCUT2D eigenvalue weighted by Gasteiger charge is 2.21. The lowest BCUT2D eigenvalue weighted by Gasteiger charge is -2.23. The van der Waals surface area contributed by atoms with E-state index in [9.17, 15) is 0 Å². The van der Waals surface area contributed by atoms with Gasteiger partial charge in [-0.3, -0.25) is 4.90 Å². The van der Waals surface area contributed by atoms with Gasteiger partial charge in [0.15, 0.2) is 0 Å². The van der Waals surface area contributed by atoms with Gasteiger partial charge >= 0.3 is 0 Å². The number of thiophene rings is 1. The summed E-state index contributed by atoms with van der Waals surface area (Å²) in [5.74, 6) is 1.29. The molecule has 0 unspecified atom stereocenters. The monoisotopic (exact) mass is 355 g/mol. The maximum Gasteiger partial charge on any atom is 0.241 e. The standard InChI is InChI=1S/C19H21N3O2S/c1-2-6-15(7-3-1)19-20-18(24-21-19)14-22(12-16-8-4-10-23-16)13-17-9-5-11-25-17/h1-3,5-7,9,11,16H,4,8,10,12-14H2/t16-/m1/s1. The molecule has 1 saturated heterocycles. The summed E-state index contributed by atoms with van der Waals surface area (Å²) in [4.78, 5) is 8.24. The molecule has 1 aromatic carbocycles. The number of ether oxygens (including phenoxy) is 1. The number of hydrogen-bond donors (Lipinski definition) is 0. The SMILES string of the molecule is c1ccc(-c2noc(CN(Cc3cccs3)C[C@H]3CCCO3)n2)cc1. The predicted molar refractivity (Wildman–Crippen MR) is 97.1 cm³/mol. The third-order valence-corrected chi connectivity index (χ3v) is 5.17. The number of nitrogens with zero attached hydrogens (tertiary/aromatic N) is 3. The Morgan fingerprint density at radius 3 is 2.80 bits per heavy atom. The Hall–Kier alpha value is -2.02. The summed E-state index contributed by atoms with van der Waals surface area (Å²) in [6.45, 7) is 3.27. The smallest absolute Gasteiger partial charge is 0.241 e. The molecule has 130 valence electrons. The summed E-state index contributed by atoms with van der Waals surface area (Å²) < 4.78 is 11.3. The van der Waals surface area contributed by atoms with Crippen molar-refractivity contribution < 1.29 is 9.26 Å². The molecular formula is C19H21N3O2S. The summed E-state index contributed by atoms with van der Waals surface area (Å²) in [6.07, 6.45) is 2.58. The minimum atomic E-state index is 0.302. The van der Waals surface area contributed by atoms with E-state index in [1.807, 2.05) is 30.3 Å². The highest BCUT2D eigenvalue weighted by molar-refractivity contribution is 7.09. The van der Waals surface area contributed by atoms with Gasteiger partial charge in [-0.25, -0.2) is 0 Å². The van der Waals surface area contributed by atoms with Crippen molar-refractivity contribution in [3.05, 3.63) is 58.6 Å². The highest BCUT2D eigenvalue weighted by atomic mass is 32.1. The van der Waals surface area contributed by atoms with Crippen LogP contribution in [0.2, 0.25) is 0 Å². The Balaban J connectivity index is 1.46. The Bertz CT molecular complexity index is 767. The van der Waals surface area contributed by atoms with E-state index >= 15 is 0 Å². The molecule has 0 radical (unpaired) electrons. The van der Waals surface area contributed by atoms with E-state index < -0.39 is 0 Å². The second-order valence-corrected chi connectivity index (χ2v) is 7.29. The topological polar surface area (TPSA) is 51.4 Å². The first-order valence-corrected chi connectivity index (χ1v) is 9.49. The van der Waals surface area contributed by atoms with Crippen molar-refractivity contribution >= 4 is 11.3 Å². The largest absolute Gasteiger partial charge is 0.377 e. The van der Waals surface area contributed by atoms with E-state index in [-0.39, 0.29) is 0 Å². The summed E-state index contributed by atoms with van der Waals surface area (Å²) in [6, 6.07) is 14.2. The molecule has 0 N–H and O–H groups in total. The van der Waals surface area contributed by atoms with Crippen LogP contribution in [-0.4, -0.2) is 34.3 Å². The number of aromatic nitrogens is 2. The lowest BCUT2D eigenvalue weighted by molar-refractivity contribution is 0.0644. The molecule has 2 aromatic heterocycles. The third kappa shape index (κ3) is 4.34. The van der Waals surface area contributed by atoms with E-state index in [1.165, 1.54) is 4.88 Å². The van der Waals surface area contributed by atoms with E-state index in [2.05, 4.69) is 32.6 Å². The Kier molecular flexibility index (Phi) is 5.20. The average molecular weight is 355 g/mol. The van der Waals surface area contributed by atoms with Gasteiger partial charge in [0.05, 0.1) is 12.6 Å². The van der Waals surface area contributed by atoms with Gasteiger partial charge in [-0.1, -0.05) is 41.6 Å². The molecule has 3 aromatic rings. The Labute approximate surface area is 151 Å². The molecule has 5 nitrogen and oxygen atoms in total. The molecule has 0 aliphatic carbocycles. The van der Waals surface area contributed by atoms with Crippen LogP contribution in [0.3, 0.4) is 0 Å². The normalized spacial score (nSPS) is 17.4. The first-order valence-electron chi connectivity index (χ1n) is 8.61. The zero-order valence-corrected chi connectivity index (χ0v) is 14.8. The van der Waals surface area contributed by atoms with Crippen molar-refractivity contribution in [3.8, 4) is 11.4 Å². The number of hydrogen-bond acceptors (Lipinski definition) is 6. The first kappa shape index (κ1) is 16.4. The first-order chi connectivity index (χ1) is 12.4. The number of rotatable bonds is 7. The minimum Gasteiger partial charge on any atom is -0.377 e. The zero-order chi connectivity index (χ0) is 16.9. The van der Waals surface area contributed by atoms with Gasteiger partial charge in [-0.15, -0.1) is 11.3 Å². The fourth-order valence-electron chi connectivity index (χ4n) is 3.10. The van der Waals surface area contributed by atoms with Crippen LogP contribution in [-0.2, 0) is 17.8 Å². The molecule has 6 heteroatoms. The summed E-state index contributed by atoms with van der Waals surface area (Å²) in [7, 11) is 0. The Morgan fingerprint density at radius 1 is 1.12 bits per heavy atom. The molecule has 3 heterocycles. The van der Waals surface area contributed by atoms with E-state index in [4.69, 9.17) is 9.26 Å². The van der Waals surface area contributed by atoms with Crippen molar-refractivity contribution in [1.29, 1.82) is 0 Å². The molecule has 4 rings (SSSR count). The van der Waals surface area contributed by atoms with Crippen LogP contribution in [0.5, 0.6) is 0 Å². The molecule has 0 saturated carbocycles. The highest BCUT2D eigenvalue weighted by Crippen LogP contribution is 2.20. The zero-order valence-electron chi connectivity index (χ0n) is 14.0. The average Bonchev–Trinajstić information content (AvgIpc) is 3.38. The van der Waals surface area contributed by atoms with Gasteiger partial charge in [0, 0.05) is 30.1 Å². The van der Waals surface area contributed by atoms with E-state index in [1.54, 1.807) is 11.3 Å². The van der Waals surface area contributed by atoms with Crippen molar-refractivity contribution in [1.82, 2.24) is 15.0 Å². The minimum absolute atomic E-state index is 0.302. The fraction of sp³-hybridized carbons (Fsp3) is 0.368. The van der Waals surface area contributed by atoms with Gasteiger partial charge < -0.3 is 9.26 Å². The van der Waals surface area contributed by atoms with Crippen LogP contribution in [0.1, 0.15) is 23.6 Å².